The van der Waals surface area contributed by atoms with Crippen LogP contribution in [0.1, 0.15) is 33.6 Å². The summed E-state index contributed by atoms with van der Waals surface area (Å²) >= 11 is 0. The first-order valence-electron chi connectivity index (χ1n) is 6.64. The molecule has 0 radical (unpaired) electrons. The van der Waals surface area contributed by atoms with Gasteiger partial charge in [0.15, 0.2) is 5.78 Å². The first-order valence-corrected chi connectivity index (χ1v) is 6.64. The molecule has 1 aliphatic heterocycles. The number of hydrogen-bond acceptors (Lipinski definition) is 3. The largest absolute Gasteiger partial charge is 0.357 e. The molecule has 1 N–H and O–H groups in total. The van der Waals surface area contributed by atoms with Crippen LogP contribution in [-0.4, -0.2) is 11.5 Å². The van der Waals surface area contributed by atoms with Crippen LogP contribution in [0.25, 0.3) is 0 Å². The maximum atomic E-state index is 12.4. The van der Waals surface area contributed by atoms with E-state index in [1.54, 1.807) is 0 Å². The van der Waals surface area contributed by atoms with Crippen molar-refractivity contribution in [2.75, 3.05) is 5.32 Å². The van der Waals surface area contributed by atoms with Gasteiger partial charge in [0.25, 0.3) is 0 Å². The molecule has 1 aliphatic carbocycles. The predicted octanol–water partition coefficient (Wildman–Crippen LogP) is 3.85. The molecule has 1 aromatic rings. The number of nitrogens with one attached hydrogen (secondary N) is 1. The van der Waals surface area contributed by atoms with Gasteiger partial charge in [0.2, 0.25) is 0 Å². The lowest BCUT2D eigenvalue weighted by molar-refractivity contribution is -0.117. The summed E-state index contributed by atoms with van der Waals surface area (Å²) in [7, 11) is 0. The number of allylic oxidation sites excluding steroid dienone is 2. The number of aliphatic imine (C=N–C) groups is 1. The van der Waals surface area contributed by atoms with Crippen LogP contribution in [0.5, 0.6) is 0 Å². The number of para-hydroxylation sites is 2. The highest BCUT2D eigenvalue weighted by Crippen LogP contribution is 2.39. The van der Waals surface area contributed by atoms with E-state index in [0.717, 1.165) is 34.8 Å². The predicted molar refractivity (Wildman–Crippen MR) is 77.9 cm³/mol. The topological polar surface area (TPSA) is 41.5 Å². The molecule has 98 valence electrons. The molecule has 1 saturated carbocycles. The molecule has 1 fully saturated rings. The lowest BCUT2D eigenvalue weighted by Crippen LogP contribution is -2.32. The van der Waals surface area contributed by atoms with E-state index in [-0.39, 0.29) is 11.2 Å². The van der Waals surface area contributed by atoms with Crippen molar-refractivity contribution in [1.29, 1.82) is 0 Å². The van der Waals surface area contributed by atoms with Gasteiger partial charge in [-0.3, -0.25) is 9.79 Å². The third-order valence-electron chi connectivity index (χ3n) is 3.71. The number of carbonyl (C=O) groups is 1. The zero-order valence-electron chi connectivity index (χ0n) is 11.6. The monoisotopic (exact) mass is 254 g/mol. The van der Waals surface area contributed by atoms with E-state index in [4.69, 9.17) is 4.99 Å². The summed E-state index contributed by atoms with van der Waals surface area (Å²) in [5, 5.41) is 3.32. The molecule has 19 heavy (non-hydrogen) atoms. The van der Waals surface area contributed by atoms with Crippen LogP contribution in [-0.2, 0) is 4.79 Å². The van der Waals surface area contributed by atoms with Gasteiger partial charge in [-0.25, -0.2) is 0 Å². The molecule has 1 aromatic carbocycles. The Kier molecular flexibility index (Phi) is 2.59. The van der Waals surface area contributed by atoms with E-state index in [0.29, 0.717) is 6.42 Å². The SMILES string of the molecule is CC1=C2C(=O)CC(C)(C)CC2=Nc2ccccc2N1. The second kappa shape index (κ2) is 4.05. The summed E-state index contributed by atoms with van der Waals surface area (Å²) < 4.78 is 0. The number of anilines is 1. The second-order valence-electron chi connectivity index (χ2n) is 6.14. The number of Topliss-reactive ketones (excluding diaryl/α,β-unsaturated/α-hetero) is 1. The van der Waals surface area contributed by atoms with Crippen LogP contribution < -0.4 is 5.32 Å². The maximum absolute atomic E-state index is 12.4. The van der Waals surface area contributed by atoms with Gasteiger partial charge in [0, 0.05) is 12.1 Å². The number of rotatable bonds is 0. The summed E-state index contributed by atoms with van der Waals surface area (Å²) in [5.41, 5.74) is 4.52. The normalized spacial score (nSPS) is 21.0. The lowest BCUT2D eigenvalue weighted by Gasteiger charge is -2.31. The number of nitrogens with zero attached hydrogens (tertiary/aromatic N) is 1. The van der Waals surface area contributed by atoms with Gasteiger partial charge in [0.05, 0.1) is 22.7 Å². The zero-order chi connectivity index (χ0) is 13.6. The van der Waals surface area contributed by atoms with E-state index >= 15 is 0 Å². The molecular weight excluding hydrogens is 236 g/mol. The Morgan fingerprint density at radius 3 is 2.74 bits per heavy atom. The van der Waals surface area contributed by atoms with Crippen LogP contribution in [0.3, 0.4) is 0 Å². The zero-order valence-corrected chi connectivity index (χ0v) is 11.6. The Hall–Kier alpha value is -1.90. The van der Waals surface area contributed by atoms with Gasteiger partial charge in [-0.2, -0.15) is 0 Å². The van der Waals surface area contributed by atoms with Crippen molar-refractivity contribution < 1.29 is 4.79 Å². The van der Waals surface area contributed by atoms with E-state index in [9.17, 15) is 4.79 Å². The van der Waals surface area contributed by atoms with Gasteiger partial charge in [-0.1, -0.05) is 26.0 Å². The minimum absolute atomic E-state index is 0.00101. The average Bonchev–Trinajstić information content (AvgIpc) is 2.42. The molecule has 0 aromatic heterocycles. The summed E-state index contributed by atoms with van der Waals surface area (Å²) in [6.45, 7) is 6.22. The smallest absolute Gasteiger partial charge is 0.166 e. The Labute approximate surface area is 113 Å². The van der Waals surface area contributed by atoms with E-state index < -0.39 is 0 Å². The Morgan fingerprint density at radius 1 is 1.21 bits per heavy atom. The summed E-state index contributed by atoms with van der Waals surface area (Å²) in [6, 6.07) is 7.93. The third-order valence-corrected chi connectivity index (χ3v) is 3.71. The van der Waals surface area contributed by atoms with E-state index in [1.165, 1.54) is 0 Å². The van der Waals surface area contributed by atoms with Crippen LogP contribution in [0.15, 0.2) is 40.5 Å². The number of ketones is 1. The fourth-order valence-corrected chi connectivity index (χ4v) is 2.90. The first-order chi connectivity index (χ1) is 8.96. The average molecular weight is 254 g/mol. The minimum Gasteiger partial charge on any atom is -0.357 e. The Balaban J connectivity index is 2.18. The summed E-state index contributed by atoms with van der Waals surface area (Å²) in [4.78, 5) is 17.1. The highest BCUT2D eigenvalue weighted by Gasteiger charge is 2.36. The molecule has 0 spiro atoms. The van der Waals surface area contributed by atoms with Crippen LogP contribution in [0, 0.1) is 5.41 Å². The quantitative estimate of drug-likeness (QED) is 0.764. The summed E-state index contributed by atoms with van der Waals surface area (Å²) in [6.07, 6.45) is 1.44. The molecule has 0 bridgehead atoms. The number of carbonyl (C=O) groups excluding carboxylic acids is 1. The fourth-order valence-electron chi connectivity index (χ4n) is 2.90. The summed E-state index contributed by atoms with van der Waals surface area (Å²) in [5.74, 6) is 0.202. The van der Waals surface area contributed by atoms with Gasteiger partial charge in [-0.05, 0) is 30.9 Å². The molecule has 0 atom stereocenters. The maximum Gasteiger partial charge on any atom is 0.166 e. The molecule has 3 rings (SSSR count). The van der Waals surface area contributed by atoms with Gasteiger partial charge >= 0.3 is 0 Å². The van der Waals surface area contributed by atoms with Crippen LogP contribution >= 0.6 is 0 Å². The third kappa shape index (κ3) is 2.09. The molecular formula is C16H18N2O. The van der Waals surface area contributed by atoms with E-state index in [1.807, 2.05) is 31.2 Å². The van der Waals surface area contributed by atoms with Gasteiger partial charge < -0.3 is 5.32 Å². The fraction of sp³-hybridized carbons (Fsp3) is 0.375. The highest BCUT2D eigenvalue weighted by atomic mass is 16.1. The van der Waals surface area contributed by atoms with Crippen molar-refractivity contribution in [1.82, 2.24) is 0 Å². The molecule has 0 saturated heterocycles. The molecule has 0 amide bonds. The number of hydrogen-bond donors (Lipinski definition) is 1. The Bertz CT molecular complexity index is 623. The highest BCUT2D eigenvalue weighted by molar-refractivity contribution is 6.26. The molecule has 2 aliphatic rings. The van der Waals surface area contributed by atoms with Crippen molar-refractivity contribution in [3.05, 3.63) is 35.5 Å². The van der Waals surface area contributed by atoms with Crippen molar-refractivity contribution in [3.63, 3.8) is 0 Å². The number of fused-ring (bicyclic) bond motifs is 2. The van der Waals surface area contributed by atoms with Gasteiger partial charge in [0.1, 0.15) is 0 Å². The molecule has 0 unspecified atom stereocenters. The van der Waals surface area contributed by atoms with Crippen molar-refractivity contribution in [2.24, 2.45) is 10.4 Å². The second-order valence-corrected chi connectivity index (χ2v) is 6.14. The van der Waals surface area contributed by atoms with Crippen molar-refractivity contribution in [2.45, 2.75) is 33.6 Å². The van der Waals surface area contributed by atoms with Crippen molar-refractivity contribution >= 4 is 22.9 Å². The minimum atomic E-state index is -0.00101. The Morgan fingerprint density at radius 2 is 1.95 bits per heavy atom. The van der Waals surface area contributed by atoms with Gasteiger partial charge in [-0.15, -0.1) is 0 Å². The van der Waals surface area contributed by atoms with E-state index in [2.05, 4.69) is 19.2 Å². The molecule has 1 heterocycles. The first kappa shape index (κ1) is 12.2. The van der Waals surface area contributed by atoms with Crippen LogP contribution in [0.4, 0.5) is 11.4 Å². The number of benzene rings is 1. The van der Waals surface area contributed by atoms with Crippen molar-refractivity contribution in [3.8, 4) is 0 Å². The molecule has 3 nitrogen and oxygen atoms in total. The lowest BCUT2D eigenvalue weighted by atomic mass is 9.73. The van der Waals surface area contributed by atoms with Crippen LogP contribution in [0.2, 0.25) is 0 Å². The molecule has 3 heteroatoms. The standard InChI is InChI=1S/C16H18N2O/c1-10-15-13(8-16(2,3)9-14(15)19)18-12-7-5-4-6-11(12)17-10/h4-7,17H,8-9H2,1-3H3.